The Morgan fingerprint density at radius 1 is 1.22 bits per heavy atom. The number of imidazole rings is 1. The van der Waals surface area contributed by atoms with Crippen LogP contribution < -0.4 is 9.47 Å². The molecule has 96 valence electrons. The van der Waals surface area contributed by atoms with Gasteiger partial charge in [-0.1, -0.05) is 6.07 Å². The van der Waals surface area contributed by atoms with Gasteiger partial charge in [0.1, 0.15) is 5.82 Å². The summed E-state index contributed by atoms with van der Waals surface area (Å²) in [7, 11) is 5.06. The van der Waals surface area contributed by atoms with Crippen molar-refractivity contribution >= 4 is 0 Å². The maximum absolute atomic E-state index is 9.32. The van der Waals surface area contributed by atoms with Crippen LogP contribution in [0.4, 0.5) is 0 Å². The molecule has 0 radical (unpaired) electrons. The summed E-state index contributed by atoms with van der Waals surface area (Å²) >= 11 is 0. The first-order valence-electron chi connectivity index (χ1n) is 5.56. The molecule has 1 aromatic heterocycles. The number of ether oxygens (including phenoxy) is 2. The van der Waals surface area contributed by atoms with Gasteiger partial charge in [0, 0.05) is 13.5 Å². The Hall–Kier alpha value is -2.17. The van der Waals surface area contributed by atoms with E-state index in [4.69, 9.17) is 9.47 Å². The Labute approximate surface area is 106 Å². The van der Waals surface area contributed by atoms with Crippen LogP contribution in [-0.4, -0.2) is 28.9 Å². The smallest absolute Gasteiger partial charge is 0.229 e. The van der Waals surface area contributed by atoms with Crippen LogP contribution in [0.3, 0.4) is 0 Å². The molecule has 2 rings (SSSR count). The van der Waals surface area contributed by atoms with Crippen LogP contribution >= 0.6 is 0 Å². The topological polar surface area (TPSA) is 56.5 Å². The van der Waals surface area contributed by atoms with E-state index in [0.29, 0.717) is 17.9 Å². The molecule has 0 atom stereocenters. The number of benzene rings is 1. The number of aromatic nitrogens is 2. The maximum atomic E-state index is 9.32. The zero-order valence-corrected chi connectivity index (χ0v) is 10.7. The highest BCUT2D eigenvalue weighted by Crippen LogP contribution is 2.28. The number of aromatic hydroxyl groups is 1. The number of hydrogen-bond donors (Lipinski definition) is 1. The minimum atomic E-state index is 0.0352. The lowest BCUT2D eigenvalue weighted by Crippen LogP contribution is -1.99. The van der Waals surface area contributed by atoms with Crippen LogP contribution in [0.15, 0.2) is 24.4 Å². The molecule has 0 bridgehead atoms. The summed E-state index contributed by atoms with van der Waals surface area (Å²) in [5.74, 6) is 2.21. The van der Waals surface area contributed by atoms with Gasteiger partial charge >= 0.3 is 0 Å². The van der Waals surface area contributed by atoms with E-state index < -0.39 is 0 Å². The summed E-state index contributed by atoms with van der Waals surface area (Å²) < 4.78 is 12.2. The third kappa shape index (κ3) is 2.40. The monoisotopic (exact) mass is 248 g/mol. The molecule has 1 heterocycles. The van der Waals surface area contributed by atoms with Crippen LogP contribution in [0, 0.1) is 0 Å². The second kappa shape index (κ2) is 5.00. The summed E-state index contributed by atoms with van der Waals surface area (Å²) in [6, 6.07) is 5.72. The molecule has 2 aromatic rings. The molecule has 0 fully saturated rings. The normalized spacial score (nSPS) is 10.4. The third-order valence-corrected chi connectivity index (χ3v) is 2.77. The summed E-state index contributed by atoms with van der Waals surface area (Å²) in [5.41, 5.74) is 1.04. The van der Waals surface area contributed by atoms with Crippen molar-refractivity contribution in [2.75, 3.05) is 14.2 Å². The summed E-state index contributed by atoms with van der Waals surface area (Å²) in [5, 5.41) is 9.32. The average molecular weight is 248 g/mol. The lowest BCUT2D eigenvalue weighted by atomic mass is 10.1. The van der Waals surface area contributed by atoms with Crippen molar-refractivity contribution in [1.82, 2.24) is 9.55 Å². The van der Waals surface area contributed by atoms with Crippen LogP contribution in [0.25, 0.3) is 0 Å². The van der Waals surface area contributed by atoms with Gasteiger partial charge in [0.15, 0.2) is 11.5 Å². The first-order chi connectivity index (χ1) is 8.63. The van der Waals surface area contributed by atoms with Crippen molar-refractivity contribution in [3.63, 3.8) is 0 Å². The van der Waals surface area contributed by atoms with Gasteiger partial charge in [-0.2, -0.15) is 4.98 Å². The molecule has 0 saturated heterocycles. The largest absolute Gasteiger partial charge is 0.493 e. The van der Waals surface area contributed by atoms with E-state index in [0.717, 1.165) is 11.4 Å². The molecule has 1 aromatic carbocycles. The number of nitrogens with zero attached hydrogens (tertiary/aromatic N) is 2. The van der Waals surface area contributed by atoms with Crippen LogP contribution in [0.5, 0.6) is 17.4 Å². The van der Waals surface area contributed by atoms with Gasteiger partial charge in [-0.25, -0.2) is 0 Å². The van der Waals surface area contributed by atoms with E-state index in [1.54, 1.807) is 25.0 Å². The fraction of sp³-hybridized carbons (Fsp3) is 0.308. The highest BCUT2D eigenvalue weighted by atomic mass is 16.5. The summed E-state index contributed by atoms with van der Waals surface area (Å²) in [4.78, 5) is 4.05. The fourth-order valence-electron chi connectivity index (χ4n) is 1.83. The lowest BCUT2D eigenvalue weighted by Gasteiger charge is -2.09. The molecule has 1 N–H and O–H groups in total. The molecular formula is C13H16N2O3. The Morgan fingerprint density at radius 2 is 1.94 bits per heavy atom. The number of rotatable bonds is 4. The Balaban J connectivity index is 2.27. The highest BCUT2D eigenvalue weighted by Gasteiger charge is 2.08. The molecule has 5 heteroatoms. The van der Waals surface area contributed by atoms with Gasteiger partial charge in [-0.15, -0.1) is 0 Å². The quantitative estimate of drug-likeness (QED) is 0.895. The van der Waals surface area contributed by atoms with E-state index in [1.807, 2.05) is 25.2 Å². The number of aryl methyl sites for hydroxylation is 1. The first-order valence-corrected chi connectivity index (χ1v) is 5.56. The molecule has 0 amide bonds. The van der Waals surface area contributed by atoms with Crippen molar-refractivity contribution < 1.29 is 14.6 Å². The average Bonchev–Trinajstić information content (AvgIpc) is 2.67. The van der Waals surface area contributed by atoms with Gasteiger partial charge in [-0.05, 0) is 17.7 Å². The zero-order chi connectivity index (χ0) is 13.1. The van der Waals surface area contributed by atoms with Crippen molar-refractivity contribution in [3.8, 4) is 17.4 Å². The fourth-order valence-corrected chi connectivity index (χ4v) is 1.83. The first kappa shape index (κ1) is 12.3. The number of methoxy groups -OCH3 is 2. The summed E-state index contributed by atoms with van der Waals surface area (Å²) in [6.45, 7) is 0. The minimum Gasteiger partial charge on any atom is -0.493 e. The minimum absolute atomic E-state index is 0.0352. The van der Waals surface area contributed by atoms with Crippen molar-refractivity contribution in [1.29, 1.82) is 0 Å². The van der Waals surface area contributed by atoms with Crippen LogP contribution in [0.2, 0.25) is 0 Å². The predicted octanol–water partition coefficient (Wildman–Crippen LogP) is 1.73. The van der Waals surface area contributed by atoms with Gasteiger partial charge < -0.3 is 19.1 Å². The van der Waals surface area contributed by atoms with E-state index in [2.05, 4.69) is 4.98 Å². The Morgan fingerprint density at radius 3 is 2.50 bits per heavy atom. The molecule has 0 aliphatic rings. The predicted molar refractivity (Wildman–Crippen MR) is 67.2 cm³/mol. The maximum Gasteiger partial charge on any atom is 0.229 e. The highest BCUT2D eigenvalue weighted by molar-refractivity contribution is 5.43. The molecule has 0 aliphatic carbocycles. The third-order valence-electron chi connectivity index (χ3n) is 2.77. The van der Waals surface area contributed by atoms with E-state index in [-0.39, 0.29) is 5.88 Å². The van der Waals surface area contributed by atoms with Gasteiger partial charge in [0.25, 0.3) is 0 Å². The molecule has 0 unspecified atom stereocenters. The second-order valence-electron chi connectivity index (χ2n) is 3.99. The Kier molecular flexibility index (Phi) is 3.41. The second-order valence-corrected chi connectivity index (χ2v) is 3.99. The van der Waals surface area contributed by atoms with Crippen molar-refractivity contribution in [2.24, 2.45) is 7.05 Å². The molecule has 5 nitrogen and oxygen atoms in total. The molecule has 0 saturated carbocycles. The number of hydrogen-bond acceptors (Lipinski definition) is 4. The standard InChI is InChI=1S/C13H16N2O3/c1-15-8-13(16)14-12(15)7-9-4-5-10(17-2)11(6-9)18-3/h4-6,8,16H,7H2,1-3H3. The van der Waals surface area contributed by atoms with E-state index in [9.17, 15) is 5.11 Å². The van der Waals surface area contributed by atoms with Gasteiger partial charge in [-0.3, -0.25) is 0 Å². The van der Waals surface area contributed by atoms with Crippen LogP contribution in [0.1, 0.15) is 11.4 Å². The lowest BCUT2D eigenvalue weighted by molar-refractivity contribution is 0.354. The Bertz CT molecular complexity index is 549. The molecule has 0 aliphatic heterocycles. The molecule has 0 spiro atoms. The van der Waals surface area contributed by atoms with Crippen molar-refractivity contribution in [3.05, 3.63) is 35.8 Å². The van der Waals surface area contributed by atoms with Crippen molar-refractivity contribution in [2.45, 2.75) is 6.42 Å². The molecule has 18 heavy (non-hydrogen) atoms. The van der Waals surface area contributed by atoms with E-state index >= 15 is 0 Å². The zero-order valence-electron chi connectivity index (χ0n) is 10.7. The molecular weight excluding hydrogens is 232 g/mol. The van der Waals surface area contributed by atoms with E-state index in [1.165, 1.54) is 0 Å². The summed E-state index contributed by atoms with van der Waals surface area (Å²) in [6.07, 6.45) is 2.20. The van der Waals surface area contributed by atoms with Crippen LogP contribution in [-0.2, 0) is 13.5 Å². The SMILES string of the molecule is COc1ccc(Cc2nc(O)cn2C)cc1OC. The van der Waals surface area contributed by atoms with Gasteiger partial charge in [0.05, 0.1) is 20.4 Å². The van der Waals surface area contributed by atoms with Gasteiger partial charge in [0.2, 0.25) is 5.88 Å².